The van der Waals surface area contributed by atoms with Gasteiger partial charge in [0.05, 0.1) is 19.6 Å². The predicted octanol–water partition coefficient (Wildman–Crippen LogP) is 2.25. The molecule has 1 heterocycles. The van der Waals surface area contributed by atoms with Crippen molar-refractivity contribution in [3.63, 3.8) is 0 Å². The lowest BCUT2D eigenvalue weighted by Crippen LogP contribution is -2.14. The maximum Gasteiger partial charge on any atom is 0.226 e. The summed E-state index contributed by atoms with van der Waals surface area (Å²) in [6.45, 7) is 0.948. The molecule has 0 bridgehead atoms. The fourth-order valence-electron chi connectivity index (χ4n) is 1.83. The lowest BCUT2D eigenvalue weighted by molar-refractivity contribution is -0.117. The molecule has 0 saturated heterocycles. The second kappa shape index (κ2) is 8.01. The lowest BCUT2D eigenvalue weighted by Gasteiger charge is -2.06. The van der Waals surface area contributed by atoms with Gasteiger partial charge in [-0.1, -0.05) is 12.1 Å². The number of nitrogens with one attached hydrogen (secondary N) is 1. The van der Waals surface area contributed by atoms with Crippen LogP contribution in [0.1, 0.15) is 12.1 Å². The van der Waals surface area contributed by atoms with E-state index in [4.69, 9.17) is 10.5 Å². The Morgan fingerprint density at radius 1 is 1.19 bits per heavy atom. The molecular formula is C16H19N3O2. The Bertz CT molecular complexity index is 573. The first-order chi connectivity index (χ1) is 10.2. The van der Waals surface area contributed by atoms with Crippen LogP contribution < -0.4 is 11.1 Å². The molecule has 0 unspecified atom stereocenters. The number of carbonyl (C=O) groups excluding carboxylic acids is 1. The molecule has 1 aromatic carbocycles. The Morgan fingerprint density at radius 2 is 2.10 bits per heavy atom. The van der Waals surface area contributed by atoms with E-state index in [9.17, 15) is 4.79 Å². The highest BCUT2D eigenvalue weighted by Crippen LogP contribution is 2.11. The largest absolute Gasteiger partial charge is 0.399 e. The summed E-state index contributed by atoms with van der Waals surface area (Å²) in [5.74, 6) is -0.0848. The van der Waals surface area contributed by atoms with Crippen LogP contribution in [-0.2, 0) is 16.0 Å². The number of hydrogen-bond acceptors (Lipinski definition) is 4. The van der Waals surface area contributed by atoms with Gasteiger partial charge in [-0.05, 0) is 30.3 Å². The smallest absolute Gasteiger partial charge is 0.226 e. The maximum absolute atomic E-state index is 11.7. The zero-order valence-electron chi connectivity index (χ0n) is 11.8. The number of pyridine rings is 1. The molecular weight excluding hydrogens is 266 g/mol. The first-order valence-corrected chi connectivity index (χ1v) is 6.87. The normalized spacial score (nSPS) is 10.3. The zero-order chi connectivity index (χ0) is 14.9. The van der Waals surface area contributed by atoms with Gasteiger partial charge in [0.1, 0.15) is 0 Å². The van der Waals surface area contributed by atoms with Crippen molar-refractivity contribution < 1.29 is 9.53 Å². The monoisotopic (exact) mass is 285 g/mol. The predicted molar refractivity (Wildman–Crippen MR) is 82.9 cm³/mol. The van der Waals surface area contributed by atoms with Crippen LogP contribution in [0.25, 0.3) is 0 Å². The summed E-state index contributed by atoms with van der Waals surface area (Å²) >= 11 is 0. The van der Waals surface area contributed by atoms with Gasteiger partial charge in [0.25, 0.3) is 0 Å². The molecule has 0 atom stereocenters. The third-order valence-electron chi connectivity index (χ3n) is 2.87. The number of nitrogens with two attached hydrogens (primary N) is 1. The van der Waals surface area contributed by atoms with E-state index in [1.807, 2.05) is 18.2 Å². The molecule has 5 heteroatoms. The minimum absolute atomic E-state index is 0.0848. The van der Waals surface area contributed by atoms with Crippen molar-refractivity contribution in [2.24, 2.45) is 0 Å². The summed E-state index contributed by atoms with van der Waals surface area (Å²) in [6, 6.07) is 12.9. The van der Waals surface area contributed by atoms with E-state index in [0.29, 0.717) is 31.0 Å². The molecule has 21 heavy (non-hydrogen) atoms. The number of aromatic nitrogens is 1. The van der Waals surface area contributed by atoms with Gasteiger partial charge >= 0.3 is 0 Å². The van der Waals surface area contributed by atoms with Crippen LogP contribution in [0.5, 0.6) is 0 Å². The van der Waals surface area contributed by atoms with E-state index in [-0.39, 0.29) is 5.91 Å². The third-order valence-corrected chi connectivity index (χ3v) is 2.87. The van der Waals surface area contributed by atoms with Gasteiger partial charge in [-0.2, -0.15) is 0 Å². The number of nitrogen functional groups attached to an aromatic ring is 1. The molecule has 0 fully saturated rings. The Hall–Kier alpha value is -2.40. The highest BCUT2D eigenvalue weighted by molar-refractivity contribution is 5.91. The molecule has 110 valence electrons. The third kappa shape index (κ3) is 5.62. The van der Waals surface area contributed by atoms with E-state index in [1.54, 1.807) is 30.5 Å². The standard InChI is InChI=1S/C16H19N3O2/c17-13-4-3-6-15(12-13)19-16(20)8-11-21-10-7-14-5-1-2-9-18-14/h1-6,9,12H,7-8,10-11,17H2,(H,19,20). The highest BCUT2D eigenvalue weighted by Gasteiger charge is 2.02. The summed E-state index contributed by atoms with van der Waals surface area (Å²) in [6.07, 6.45) is 2.82. The minimum Gasteiger partial charge on any atom is -0.399 e. The van der Waals surface area contributed by atoms with Crippen molar-refractivity contribution in [2.45, 2.75) is 12.8 Å². The van der Waals surface area contributed by atoms with Gasteiger partial charge in [0.15, 0.2) is 0 Å². The van der Waals surface area contributed by atoms with Crippen LogP contribution in [0.4, 0.5) is 11.4 Å². The number of carbonyl (C=O) groups is 1. The molecule has 5 nitrogen and oxygen atoms in total. The summed E-state index contributed by atoms with van der Waals surface area (Å²) in [7, 11) is 0. The summed E-state index contributed by atoms with van der Waals surface area (Å²) in [4.78, 5) is 15.9. The topological polar surface area (TPSA) is 77.2 Å². The number of benzene rings is 1. The molecule has 1 aromatic heterocycles. The molecule has 3 N–H and O–H groups in total. The fourth-order valence-corrected chi connectivity index (χ4v) is 1.83. The zero-order valence-corrected chi connectivity index (χ0v) is 11.8. The van der Waals surface area contributed by atoms with Gasteiger partial charge < -0.3 is 15.8 Å². The van der Waals surface area contributed by atoms with Crippen molar-refractivity contribution in [3.05, 3.63) is 54.4 Å². The number of ether oxygens (including phenoxy) is 1. The van der Waals surface area contributed by atoms with Crippen LogP contribution in [0.3, 0.4) is 0 Å². The van der Waals surface area contributed by atoms with Crippen LogP contribution in [0.15, 0.2) is 48.7 Å². The number of amides is 1. The number of nitrogens with zero attached hydrogens (tertiary/aromatic N) is 1. The van der Waals surface area contributed by atoms with Gasteiger partial charge in [-0.3, -0.25) is 9.78 Å². The Morgan fingerprint density at radius 3 is 2.86 bits per heavy atom. The average Bonchev–Trinajstić information content (AvgIpc) is 2.48. The Kier molecular flexibility index (Phi) is 5.72. The Labute approximate surface area is 124 Å². The molecule has 2 rings (SSSR count). The Balaban J connectivity index is 1.61. The number of hydrogen-bond donors (Lipinski definition) is 2. The van der Waals surface area contributed by atoms with E-state index in [0.717, 1.165) is 12.1 Å². The maximum atomic E-state index is 11.7. The van der Waals surface area contributed by atoms with Gasteiger partial charge in [-0.25, -0.2) is 0 Å². The highest BCUT2D eigenvalue weighted by atomic mass is 16.5. The van der Waals surface area contributed by atoms with Crippen molar-refractivity contribution in [1.29, 1.82) is 0 Å². The van der Waals surface area contributed by atoms with E-state index in [1.165, 1.54) is 0 Å². The van der Waals surface area contributed by atoms with Gasteiger partial charge in [0, 0.05) is 29.7 Å². The minimum atomic E-state index is -0.0848. The van der Waals surface area contributed by atoms with E-state index >= 15 is 0 Å². The van der Waals surface area contributed by atoms with Crippen LogP contribution in [0, 0.1) is 0 Å². The van der Waals surface area contributed by atoms with E-state index < -0.39 is 0 Å². The molecule has 1 amide bonds. The molecule has 0 aliphatic heterocycles. The molecule has 0 aliphatic rings. The van der Waals surface area contributed by atoms with Gasteiger partial charge in [0.2, 0.25) is 5.91 Å². The number of anilines is 2. The quantitative estimate of drug-likeness (QED) is 0.604. The molecule has 0 aliphatic carbocycles. The molecule has 0 radical (unpaired) electrons. The average molecular weight is 285 g/mol. The van der Waals surface area contributed by atoms with Crippen LogP contribution in [-0.4, -0.2) is 24.1 Å². The SMILES string of the molecule is Nc1cccc(NC(=O)CCOCCc2ccccn2)c1. The summed E-state index contributed by atoms with van der Waals surface area (Å²) in [5.41, 5.74) is 7.96. The molecule has 2 aromatic rings. The first kappa shape index (κ1) is 15.0. The van der Waals surface area contributed by atoms with E-state index in [2.05, 4.69) is 10.3 Å². The first-order valence-electron chi connectivity index (χ1n) is 6.87. The lowest BCUT2D eigenvalue weighted by atomic mass is 10.2. The second-order valence-electron chi connectivity index (χ2n) is 4.61. The summed E-state index contributed by atoms with van der Waals surface area (Å²) < 4.78 is 5.44. The number of rotatable bonds is 7. The summed E-state index contributed by atoms with van der Waals surface area (Å²) in [5, 5.41) is 2.78. The van der Waals surface area contributed by atoms with Gasteiger partial charge in [-0.15, -0.1) is 0 Å². The van der Waals surface area contributed by atoms with Crippen molar-refractivity contribution in [2.75, 3.05) is 24.3 Å². The molecule has 0 saturated carbocycles. The van der Waals surface area contributed by atoms with Crippen molar-refractivity contribution >= 4 is 17.3 Å². The van der Waals surface area contributed by atoms with Crippen molar-refractivity contribution in [3.8, 4) is 0 Å². The fraction of sp³-hybridized carbons (Fsp3) is 0.250. The van der Waals surface area contributed by atoms with Crippen LogP contribution >= 0.6 is 0 Å². The molecule has 0 spiro atoms. The van der Waals surface area contributed by atoms with Crippen LogP contribution in [0.2, 0.25) is 0 Å². The second-order valence-corrected chi connectivity index (χ2v) is 4.61. The van der Waals surface area contributed by atoms with Crippen molar-refractivity contribution in [1.82, 2.24) is 4.98 Å².